The van der Waals surface area contributed by atoms with Crippen LogP contribution >= 0.6 is 0 Å². The van der Waals surface area contributed by atoms with Crippen LogP contribution in [-0.4, -0.2) is 23.3 Å². The van der Waals surface area contributed by atoms with Crippen molar-refractivity contribution in [2.75, 3.05) is 6.54 Å². The molecule has 0 radical (unpaired) electrons. The van der Waals surface area contributed by atoms with Gasteiger partial charge in [-0.2, -0.15) is 0 Å². The van der Waals surface area contributed by atoms with E-state index in [2.05, 4.69) is 26.0 Å². The minimum absolute atomic E-state index is 0.100. The number of amides is 2. The van der Waals surface area contributed by atoms with Crippen molar-refractivity contribution in [3.63, 3.8) is 0 Å². The van der Waals surface area contributed by atoms with E-state index < -0.39 is 0 Å². The van der Waals surface area contributed by atoms with Gasteiger partial charge in [-0.25, -0.2) is 0 Å². The maximum absolute atomic E-state index is 13.6. The Hall–Kier alpha value is -2.42. The maximum Gasteiger partial charge on any atom is 0.261 e. The summed E-state index contributed by atoms with van der Waals surface area (Å²) in [5, 5.41) is 1.93. The highest BCUT2D eigenvalue weighted by Crippen LogP contribution is 2.39. The van der Waals surface area contributed by atoms with Crippen LogP contribution in [0.15, 0.2) is 24.3 Å². The lowest BCUT2D eigenvalue weighted by atomic mass is 9.89. The summed E-state index contributed by atoms with van der Waals surface area (Å²) in [5.74, 6) is 0.195. The van der Waals surface area contributed by atoms with Crippen LogP contribution in [0.2, 0.25) is 0 Å². The highest BCUT2D eigenvalue weighted by atomic mass is 16.2. The zero-order valence-corrected chi connectivity index (χ0v) is 23.3. The van der Waals surface area contributed by atoms with Gasteiger partial charge in [0.25, 0.3) is 11.8 Å². The van der Waals surface area contributed by atoms with Gasteiger partial charge in [-0.15, -0.1) is 0 Å². The largest absolute Gasteiger partial charge is 0.274 e. The number of hydrogen-bond acceptors (Lipinski definition) is 2. The van der Waals surface area contributed by atoms with Gasteiger partial charge in [0.2, 0.25) is 0 Å². The fraction of sp³-hybridized carbons (Fsp3) is 0.588. The Morgan fingerprint density at radius 3 is 1.46 bits per heavy atom. The molecule has 4 rings (SSSR count). The van der Waals surface area contributed by atoms with Crippen LogP contribution in [0.1, 0.15) is 148 Å². The number of rotatable bonds is 18. The number of hydrogen-bond donors (Lipinski definition) is 0. The summed E-state index contributed by atoms with van der Waals surface area (Å²) in [6.45, 7) is 5.09. The average Bonchev–Trinajstić information content (AvgIpc) is 3.34. The van der Waals surface area contributed by atoms with Crippen LogP contribution in [0.25, 0.3) is 22.9 Å². The van der Waals surface area contributed by atoms with Gasteiger partial charge in [0.1, 0.15) is 0 Å². The van der Waals surface area contributed by atoms with Gasteiger partial charge < -0.3 is 0 Å². The van der Waals surface area contributed by atoms with E-state index >= 15 is 0 Å². The van der Waals surface area contributed by atoms with Crippen molar-refractivity contribution in [1.82, 2.24) is 4.90 Å². The molecule has 2 aromatic carbocycles. The fourth-order valence-electron chi connectivity index (χ4n) is 6.28. The lowest BCUT2D eigenvalue weighted by Crippen LogP contribution is -2.43. The Labute approximate surface area is 224 Å². The first-order valence-corrected chi connectivity index (χ1v) is 15.3. The third-order valence-electron chi connectivity index (χ3n) is 8.49. The Bertz CT molecular complexity index is 1040. The first kappa shape index (κ1) is 27.6. The molecule has 37 heavy (non-hydrogen) atoms. The van der Waals surface area contributed by atoms with Crippen molar-refractivity contribution in [1.29, 1.82) is 0 Å². The van der Waals surface area contributed by atoms with E-state index in [1.165, 1.54) is 89.9 Å². The highest BCUT2D eigenvalue weighted by molar-refractivity contribution is 6.28. The van der Waals surface area contributed by atoms with Crippen molar-refractivity contribution >= 4 is 34.7 Å². The minimum atomic E-state index is -0.100. The summed E-state index contributed by atoms with van der Waals surface area (Å²) in [5.41, 5.74) is 3.62. The number of imide groups is 1. The molecule has 1 aliphatic carbocycles. The van der Waals surface area contributed by atoms with Crippen LogP contribution in [-0.2, 0) is 0 Å². The number of nitrogens with zero attached hydrogens (tertiary/aromatic N) is 1. The zero-order chi connectivity index (χ0) is 26.0. The third kappa shape index (κ3) is 6.72. The molecule has 0 spiro atoms. The number of benzene rings is 2. The SMILES string of the molecule is CCCCCCCCCCC(CCCCCCCC)CN1C(=O)c2ccc3c4c(ccc(c24)C1=O)C=C3. The maximum atomic E-state index is 13.6. The second kappa shape index (κ2) is 13.9. The lowest BCUT2D eigenvalue weighted by Gasteiger charge is -2.31. The summed E-state index contributed by atoms with van der Waals surface area (Å²) in [7, 11) is 0. The van der Waals surface area contributed by atoms with E-state index in [0.717, 1.165) is 34.7 Å². The van der Waals surface area contributed by atoms with Gasteiger partial charge in [-0.1, -0.05) is 128 Å². The second-order valence-electron chi connectivity index (χ2n) is 11.4. The van der Waals surface area contributed by atoms with Crippen molar-refractivity contribution in [2.24, 2.45) is 5.92 Å². The van der Waals surface area contributed by atoms with E-state index in [-0.39, 0.29) is 11.8 Å². The van der Waals surface area contributed by atoms with E-state index in [4.69, 9.17) is 0 Å². The molecule has 0 bridgehead atoms. The van der Waals surface area contributed by atoms with Gasteiger partial charge in [0.05, 0.1) is 0 Å². The van der Waals surface area contributed by atoms with Crippen LogP contribution < -0.4 is 0 Å². The van der Waals surface area contributed by atoms with Crippen LogP contribution in [0, 0.1) is 5.92 Å². The van der Waals surface area contributed by atoms with E-state index in [1.54, 1.807) is 4.90 Å². The molecule has 1 aliphatic heterocycles. The summed E-state index contributed by atoms with van der Waals surface area (Å²) >= 11 is 0. The molecule has 2 aliphatic rings. The molecule has 0 saturated heterocycles. The van der Waals surface area contributed by atoms with Gasteiger partial charge in [0.15, 0.2) is 0 Å². The van der Waals surface area contributed by atoms with Crippen LogP contribution in [0.3, 0.4) is 0 Å². The lowest BCUT2D eigenvalue weighted by molar-refractivity contribution is 0.0577. The molecular formula is C34H47NO2. The topological polar surface area (TPSA) is 37.4 Å². The Morgan fingerprint density at radius 2 is 1.00 bits per heavy atom. The van der Waals surface area contributed by atoms with Gasteiger partial charge in [-0.3, -0.25) is 14.5 Å². The summed E-state index contributed by atoms with van der Waals surface area (Å²) in [6, 6.07) is 7.94. The summed E-state index contributed by atoms with van der Waals surface area (Å²) in [6.07, 6.45) is 24.6. The van der Waals surface area contributed by atoms with E-state index in [1.807, 2.05) is 24.3 Å². The molecule has 3 heteroatoms. The molecule has 2 aromatic rings. The predicted molar refractivity (Wildman–Crippen MR) is 157 cm³/mol. The Balaban J connectivity index is 1.39. The number of carbonyl (C=O) groups excluding carboxylic acids is 2. The standard InChI is InChI=1S/C34H47NO2/c1-3-5-7-9-11-12-14-16-18-26(17-15-13-10-8-6-4-2)25-35-33(36)29-23-21-27-19-20-28-22-24-30(34(35)37)32(29)31(27)28/h19-24,26H,3-18,25H2,1-2H3. The van der Waals surface area contributed by atoms with Crippen LogP contribution in [0.4, 0.5) is 0 Å². The minimum Gasteiger partial charge on any atom is -0.274 e. The smallest absolute Gasteiger partial charge is 0.261 e. The molecule has 0 aromatic heterocycles. The molecule has 0 N–H and O–H groups in total. The molecule has 0 saturated carbocycles. The summed E-state index contributed by atoms with van der Waals surface area (Å²) < 4.78 is 0. The average molecular weight is 502 g/mol. The molecular weight excluding hydrogens is 454 g/mol. The first-order valence-electron chi connectivity index (χ1n) is 15.3. The Kier molecular flexibility index (Phi) is 10.4. The van der Waals surface area contributed by atoms with Crippen molar-refractivity contribution in [3.05, 3.63) is 46.5 Å². The van der Waals surface area contributed by atoms with Crippen molar-refractivity contribution in [3.8, 4) is 0 Å². The molecule has 3 nitrogen and oxygen atoms in total. The van der Waals surface area contributed by atoms with Crippen LogP contribution in [0.5, 0.6) is 0 Å². The molecule has 0 fully saturated rings. The molecule has 2 amide bonds. The Morgan fingerprint density at radius 1 is 0.568 bits per heavy atom. The molecule has 1 atom stereocenters. The normalized spacial score (nSPS) is 14.8. The van der Waals surface area contributed by atoms with E-state index in [9.17, 15) is 9.59 Å². The fourth-order valence-corrected chi connectivity index (χ4v) is 6.28. The van der Waals surface area contributed by atoms with Gasteiger partial charge in [-0.05, 0) is 47.4 Å². The van der Waals surface area contributed by atoms with Gasteiger partial charge in [0, 0.05) is 23.1 Å². The third-order valence-corrected chi connectivity index (χ3v) is 8.49. The number of carbonyl (C=O) groups is 2. The monoisotopic (exact) mass is 501 g/mol. The van der Waals surface area contributed by atoms with E-state index in [0.29, 0.717) is 23.6 Å². The predicted octanol–water partition coefficient (Wildman–Crippen LogP) is 9.82. The first-order chi connectivity index (χ1) is 18.2. The second-order valence-corrected chi connectivity index (χ2v) is 11.4. The zero-order valence-electron chi connectivity index (χ0n) is 23.3. The van der Waals surface area contributed by atoms with Crippen molar-refractivity contribution in [2.45, 2.75) is 117 Å². The van der Waals surface area contributed by atoms with Gasteiger partial charge >= 0.3 is 0 Å². The van der Waals surface area contributed by atoms with Crippen molar-refractivity contribution < 1.29 is 9.59 Å². The quantitative estimate of drug-likeness (QED) is 0.128. The molecule has 1 heterocycles. The number of unbranched alkanes of at least 4 members (excludes halogenated alkanes) is 12. The summed E-state index contributed by atoms with van der Waals surface area (Å²) in [4.78, 5) is 28.8. The molecule has 200 valence electrons. The highest BCUT2D eigenvalue weighted by Gasteiger charge is 2.35. The molecule has 1 unspecified atom stereocenters.